The quantitative estimate of drug-likeness (QED) is 0.801. The molecule has 2 rings (SSSR count). The zero-order valence-electron chi connectivity index (χ0n) is 9.49. The van der Waals surface area contributed by atoms with Crippen molar-refractivity contribution in [2.24, 2.45) is 0 Å². The summed E-state index contributed by atoms with van der Waals surface area (Å²) in [5.41, 5.74) is 3.01. The van der Waals surface area contributed by atoms with Gasteiger partial charge in [0.2, 0.25) is 5.88 Å². The molecule has 0 saturated carbocycles. The van der Waals surface area contributed by atoms with Crippen molar-refractivity contribution in [3.63, 3.8) is 0 Å². The van der Waals surface area contributed by atoms with E-state index in [-0.39, 0.29) is 0 Å². The lowest BCUT2D eigenvalue weighted by Crippen LogP contribution is -1.99. The number of aryl methyl sites for hydroxylation is 2. The molecule has 3 nitrogen and oxygen atoms in total. The molecule has 84 valence electrons. The van der Waals surface area contributed by atoms with Gasteiger partial charge in [-0.05, 0) is 31.5 Å². The van der Waals surface area contributed by atoms with E-state index in [4.69, 9.17) is 16.3 Å². The maximum absolute atomic E-state index is 6.08. The van der Waals surface area contributed by atoms with Gasteiger partial charge in [0, 0.05) is 16.8 Å². The predicted octanol–water partition coefficient (Wildman–Crippen LogP) is 3.15. The Morgan fingerprint density at radius 1 is 1.25 bits per heavy atom. The van der Waals surface area contributed by atoms with E-state index in [2.05, 4.69) is 5.10 Å². The van der Waals surface area contributed by atoms with Gasteiger partial charge in [-0.3, -0.25) is 0 Å². The van der Waals surface area contributed by atoms with Gasteiger partial charge in [0.1, 0.15) is 0 Å². The van der Waals surface area contributed by atoms with Crippen LogP contribution in [0.1, 0.15) is 11.3 Å². The summed E-state index contributed by atoms with van der Waals surface area (Å²) in [6, 6.07) is 7.75. The lowest BCUT2D eigenvalue weighted by atomic mass is 10.2. The number of rotatable bonds is 2. The number of methoxy groups -OCH3 is 1. The van der Waals surface area contributed by atoms with Crippen molar-refractivity contribution in [1.82, 2.24) is 9.78 Å². The Morgan fingerprint density at radius 3 is 2.56 bits per heavy atom. The summed E-state index contributed by atoms with van der Waals surface area (Å²) in [7, 11) is 1.61. The van der Waals surface area contributed by atoms with Gasteiger partial charge in [-0.25, -0.2) is 4.68 Å². The van der Waals surface area contributed by atoms with E-state index in [0.717, 1.165) is 22.0 Å². The highest BCUT2D eigenvalue weighted by Crippen LogP contribution is 2.21. The molecule has 0 aliphatic heterocycles. The van der Waals surface area contributed by atoms with Crippen molar-refractivity contribution in [1.29, 1.82) is 0 Å². The average molecular weight is 237 g/mol. The van der Waals surface area contributed by atoms with Gasteiger partial charge in [0.25, 0.3) is 0 Å². The van der Waals surface area contributed by atoms with Crippen molar-refractivity contribution < 1.29 is 4.74 Å². The smallest absolute Gasteiger partial charge is 0.233 e. The van der Waals surface area contributed by atoms with Crippen LogP contribution in [0.25, 0.3) is 5.69 Å². The number of benzene rings is 1. The Morgan fingerprint density at radius 2 is 2.00 bits per heavy atom. The summed E-state index contributed by atoms with van der Waals surface area (Å²) in [5.74, 6) is 0.606. The summed E-state index contributed by atoms with van der Waals surface area (Å²) >= 11 is 6.08. The van der Waals surface area contributed by atoms with Crippen LogP contribution in [0.5, 0.6) is 5.88 Å². The molecule has 0 saturated heterocycles. The third-order valence-corrected chi connectivity index (χ3v) is 2.88. The topological polar surface area (TPSA) is 27.1 Å². The van der Waals surface area contributed by atoms with Gasteiger partial charge in [-0.2, -0.15) is 0 Å². The number of aromatic nitrogens is 2. The largest absolute Gasteiger partial charge is 0.480 e. The van der Waals surface area contributed by atoms with E-state index in [1.165, 1.54) is 0 Å². The third-order valence-electron chi connectivity index (χ3n) is 2.47. The molecular formula is C12H13ClN2O. The van der Waals surface area contributed by atoms with Gasteiger partial charge >= 0.3 is 0 Å². The summed E-state index contributed by atoms with van der Waals surface area (Å²) < 4.78 is 6.90. The normalized spacial score (nSPS) is 10.5. The molecular weight excluding hydrogens is 224 g/mol. The second-order valence-corrected chi connectivity index (χ2v) is 4.08. The molecule has 1 aromatic carbocycles. The van der Waals surface area contributed by atoms with Crippen molar-refractivity contribution in [2.45, 2.75) is 13.8 Å². The molecule has 0 bridgehead atoms. The number of hydrogen-bond donors (Lipinski definition) is 0. The van der Waals surface area contributed by atoms with E-state index < -0.39 is 0 Å². The fourth-order valence-electron chi connectivity index (χ4n) is 1.52. The van der Waals surface area contributed by atoms with Crippen LogP contribution in [0.3, 0.4) is 0 Å². The first-order valence-electron chi connectivity index (χ1n) is 4.99. The SMILES string of the molecule is COc1cc(C)n(-c2ccc(C)c(Cl)c2)n1. The third kappa shape index (κ3) is 1.91. The van der Waals surface area contributed by atoms with Crippen molar-refractivity contribution in [3.8, 4) is 11.6 Å². The number of halogens is 1. The monoisotopic (exact) mass is 236 g/mol. The van der Waals surface area contributed by atoms with Crippen molar-refractivity contribution in [2.75, 3.05) is 7.11 Å². The maximum atomic E-state index is 6.08. The van der Waals surface area contributed by atoms with Crippen LogP contribution >= 0.6 is 11.6 Å². The van der Waals surface area contributed by atoms with Gasteiger partial charge in [-0.1, -0.05) is 17.7 Å². The number of nitrogens with zero attached hydrogens (tertiary/aromatic N) is 2. The lowest BCUT2D eigenvalue weighted by Gasteiger charge is -2.05. The molecule has 16 heavy (non-hydrogen) atoms. The minimum atomic E-state index is 0.606. The Balaban J connectivity index is 2.49. The van der Waals surface area contributed by atoms with Gasteiger partial charge < -0.3 is 4.74 Å². The van der Waals surface area contributed by atoms with Gasteiger partial charge in [-0.15, -0.1) is 5.10 Å². The molecule has 0 fully saturated rings. The molecule has 0 aliphatic carbocycles. The van der Waals surface area contributed by atoms with E-state index in [0.29, 0.717) is 5.88 Å². The van der Waals surface area contributed by atoms with Crippen molar-refractivity contribution >= 4 is 11.6 Å². The molecule has 1 aromatic heterocycles. The minimum Gasteiger partial charge on any atom is -0.480 e. The summed E-state index contributed by atoms with van der Waals surface area (Å²) in [6.45, 7) is 3.95. The number of ether oxygens (including phenoxy) is 1. The highest BCUT2D eigenvalue weighted by molar-refractivity contribution is 6.31. The Hall–Kier alpha value is -1.48. The lowest BCUT2D eigenvalue weighted by molar-refractivity contribution is 0.394. The molecule has 4 heteroatoms. The average Bonchev–Trinajstić information content (AvgIpc) is 2.64. The molecule has 0 spiro atoms. The van der Waals surface area contributed by atoms with E-state index >= 15 is 0 Å². The Bertz CT molecular complexity index is 520. The second-order valence-electron chi connectivity index (χ2n) is 3.67. The zero-order chi connectivity index (χ0) is 11.7. The van der Waals surface area contributed by atoms with Gasteiger partial charge in [0.05, 0.1) is 12.8 Å². The first kappa shape index (κ1) is 11.0. The molecule has 2 aromatic rings. The van der Waals surface area contributed by atoms with Gasteiger partial charge in [0.15, 0.2) is 0 Å². The van der Waals surface area contributed by atoms with Crippen LogP contribution in [-0.4, -0.2) is 16.9 Å². The molecule has 1 heterocycles. The molecule has 0 N–H and O–H groups in total. The maximum Gasteiger partial charge on any atom is 0.233 e. The van der Waals surface area contributed by atoms with Crippen LogP contribution in [-0.2, 0) is 0 Å². The van der Waals surface area contributed by atoms with Crippen molar-refractivity contribution in [3.05, 3.63) is 40.5 Å². The van der Waals surface area contributed by atoms with Crippen LogP contribution < -0.4 is 4.74 Å². The molecule has 0 aliphatic rings. The highest BCUT2D eigenvalue weighted by atomic mass is 35.5. The van der Waals surface area contributed by atoms with Crippen LogP contribution in [0.4, 0.5) is 0 Å². The standard InChI is InChI=1S/C12H13ClN2O/c1-8-4-5-10(7-11(8)13)15-9(2)6-12(14-15)16-3/h4-7H,1-3H3. The Kier molecular flexibility index (Phi) is 2.88. The molecule has 0 atom stereocenters. The number of hydrogen-bond acceptors (Lipinski definition) is 2. The molecule has 0 amide bonds. The van der Waals surface area contributed by atoms with Crippen LogP contribution in [0, 0.1) is 13.8 Å². The van der Waals surface area contributed by atoms with Crippen LogP contribution in [0.15, 0.2) is 24.3 Å². The second kappa shape index (κ2) is 4.18. The zero-order valence-corrected chi connectivity index (χ0v) is 10.2. The van der Waals surface area contributed by atoms with E-state index in [9.17, 15) is 0 Å². The van der Waals surface area contributed by atoms with Crippen LogP contribution in [0.2, 0.25) is 5.02 Å². The predicted molar refractivity (Wildman–Crippen MR) is 64.6 cm³/mol. The highest BCUT2D eigenvalue weighted by Gasteiger charge is 2.07. The first-order chi connectivity index (χ1) is 7.61. The van der Waals surface area contributed by atoms with E-state index in [1.807, 2.05) is 42.8 Å². The first-order valence-corrected chi connectivity index (χ1v) is 5.37. The molecule has 0 unspecified atom stereocenters. The fourth-order valence-corrected chi connectivity index (χ4v) is 1.70. The van der Waals surface area contributed by atoms with E-state index in [1.54, 1.807) is 7.11 Å². The Labute approximate surface area is 99.6 Å². The summed E-state index contributed by atoms with van der Waals surface area (Å²) in [6.07, 6.45) is 0. The minimum absolute atomic E-state index is 0.606. The summed E-state index contributed by atoms with van der Waals surface area (Å²) in [5, 5.41) is 5.05. The molecule has 0 radical (unpaired) electrons. The summed E-state index contributed by atoms with van der Waals surface area (Å²) in [4.78, 5) is 0. The fraction of sp³-hybridized carbons (Fsp3) is 0.250.